The highest BCUT2D eigenvalue weighted by Gasteiger charge is 2.22. The second-order valence-corrected chi connectivity index (χ2v) is 7.05. The van der Waals surface area contributed by atoms with E-state index in [-0.39, 0.29) is 5.41 Å². The summed E-state index contributed by atoms with van der Waals surface area (Å²) in [5.74, 6) is 2.45. The van der Waals surface area contributed by atoms with E-state index in [0.29, 0.717) is 5.84 Å². The Hall–Kier alpha value is -0.870. The van der Waals surface area contributed by atoms with Gasteiger partial charge in [-0.1, -0.05) is 49.2 Å². The van der Waals surface area contributed by atoms with Crippen LogP contribution < -0.4 is 5.73 Å². The number of nitrogens with two attached hydrogens (primary N) is 1. The van der Waals surface area contributed by atoms with Crippen LogP contribution in [-0.2, 0) is 5.75 Å². The average molecular weight is 315 g/mol. The van der Waals surface area contributed by atoms with E-state index in [1.807, 2.05) is 37.7 Å². The zero-order valence-corrected chi connectivity index (χ0v) is 13.7. The van der Waals surface area contributed by atoms with Gasteiger partial charge in [-0.05, 0) is 36.3 Å². The van der Waals surface area contributed by atoms with E-state index in [2.05, 4.69) is 17.3 Å². The molecule has 112 valence electrons. The van der Waals surface area contributed by atoms with Crippen molar-refractivity contribution < 1.29 is 5.21 Å². The molecule has 0 saturated heterocycles. The Morgan fingerprint density at radius 2 is 1.95 bits per heavy atom. The molecule has 0 saturated carbocycles. The van der Waals surface area contributed by atoms with Crippen molar-refractivity contribution in [3.8, 4) is 0 Å². The zero-order valence-electron chi connectivity index (χ0n) is 12.1. The summed E-state index contributed by atoms with van der Waals surface area (Å²) in [6.07, 6.45) is 3.15. The summed E-state index contributed by atoms with van der Waals surface area (Å²) < 4.78 is 0. The molecule has 0 spiro atoms. The number of nitrogens with zero attached hydrogens (tertiary/aromatic N) is 1. The van der Waals surface area contributed by atoms with E-state index in [0.717, 1.165) is 35.8 Å². The van der Waals surface area contributed by atoms with Gasteiger partial charge in [-0.15, -0.1) is 0 Å². The lowest BCUT2D eigenvalue weighted by Crippen LogP contribution is -2.31. The minimum Gasteiger partial charge on any atom is -0.409 e. The molecule has 5 heteroatoms. The first-order valence-corrected chi connectivity index (χ1v) is 8.29. The third kappa shape index (κ3) is 6.06. The molecule has 0 aliphatic heterocycles. The van der Waals surface area contributed by atoms with Crippen molar-refractivity contribution in [1.82, 2.24) is 0 Å². The number of hydrogen-bond donors (Lipinski definition) is 2. The third-order valence-corrected chi connectivity index (χ3v) is 4.69. The fourth-order valence-corrected chi connectivity index (χ4v) is 2.91. The first-order valence-electron chi connectivity index (χ1n) is 6.76. The van der Waals surface area contributed by atoms with Gasteiger partial charge >= 0.3 is 0 Å². The third-order valence-electron chi connectivity index (χ3n) is 3.32. The molecular weight excluding hydrogens is 292 g/mol. The maximum atomic E-state index is 8.71. The van der Waals surface area contributed by atoms with Gasteiger partial charge in [-0.2, -0.15) is 11.8 Å². The van der Waals surface area contributed by atoms with E-state index >= 15 is 0 Å². The second-order valence-electron chi connectivity index (χ2n) is 5.51. The molecule has 1 aromatic rings. The normalized spacial score (nSPS) is 12.7. The van der Waals surface area contributed by atoms with Crippen LogP contribution >= 0.6 is 23.4 Å². The molecule has 0 aliphatic carbocycles. The average Bonchev–Trinajstić information content (AvgIpc) is 2.43. The van der Waals surface area contributed by atoms with Crippen molar-refractivity contribution in [2.75, 3.05) is 5.75 Å². The minimum atomic E-state index is -0.227. The lowest BCUT2D eigenvalue weighted by Gasteiger charge is -2.22. The number of unbranched alkanes of at least 4 members (excludes halogenated alkanes) is 1. The van der Waals surface area contributed by atoms with Crippen LogP contribution in [-0.4, -0.2) is 16.8 Å². The van der Waals surface area contributed by atoms with Gasteiger partial charge < -0.3 is 10.9 Å². The van der Waals surface area contributed by atoms with Crippen molar-refractivity contribution >= 4 is 29.2 Å². The molecule has 3 N–H and O–H groups in total. The Kier molecular flexibility index (Phi) is 7.24. The van der Waals surface area contributed by atoms with Crippen molar-refractivity contribution in [2.24, 2.45) is 16.3 Å². The molecule has 0 amide bonds. The van der Waals surface area contributed by atoms with E-state index in [4.69, 9.17) is 22.5 Å². The maximum Gasteiger partial charge on any atom is 0.144 e. The number of amidine groups is 1. The molecule has 0 aromatic heterocycles. The molecule has 0 radical (unpaired) electrons. The van der Waals surface area contributed by atoms with Crippen LogP contribution in [0.25, 0.3) is 0 Å². The quantitative estimate of drug-likeness (QED) is 0.244. The number of benzene rings is 1. The van der Waals surface area contributed by atoms with Crippen molar-refractivity contribution in [2.45, 2.75) is 38.9 Å². The van der Waals surface area contributed by atoms with Gasteiger partial charge in [0.05, 0.1) is 0 Å². The predicted octanol–water partition coefficient (Wildman–Crippen LogP) is 4.52. The van der Waals surface area contributed by atoms with Crippen LogP contribution in [0.3, 0.4) is 0 Å². The summed E-state index contributed by atoms with van der Waals surface area (Å²) in [7, 11) is 0. The highest BCUT2D eigenvalue weighted by atomic mass is 35.5. The molecule has 0 unspecified atom stereocenters. The van der Waals surface area contributed by atoms with E-state index in [9.17, 15) is 0 Å². The number of oxime groups is 1. The smallest absolute Gasteiger partial charge is 0.144 e. The fourth-order valence-electron chi connectivity index (χ4n) is 1.81. The van der Waals surface area contributed by atoms with Crippen LogP contribution in [0.15, 0.2) is 29.4 Å². The first kappa shape index (κ1) is 17.2. The summed E-state index contributed by atoms with van der Waals surface area (Å²) in [5, 5.41) is 12.6. The summed E-state index contributed by atoms with van der Waals surface area (Å²) in [6.45, 7) is 4.01. The van der Waals surface area contributed by atoms with E-state index in [1.165, 1.54) is 5.56 Å². The Morgan fingerprint density at radius 1 is 1.30 bits per heavy atom. The Balaban J connectivity index is 2.15. The molecule has 1 rings (SSSR count). The summed E-state index contributed by atoms with van der Waals surface area (Å²) >= 11 is 7.77. The SMILES string of the molecule is CC(C)(CCCCSCc1ccc(Cl)cc1)/C(N)=N/O. The minimum absolute atomic E-state index is 0.227. The maximum absolute atomic E-state index is 8.71. The Labute approximate surface area is 130 Å². The van der Waals surface area contributed by atoms with E-state index in [1.54, 1.807) is 0 Å². The van der Waals surface area contributed by atoms with Crippen LogP contribution in [0.5, 0.6) is 0 Å². The topological polar surface area (TPSA) is 58.6 Å². The van der Waals surface area contributed by atoms with Crippen molar-refractivity contribution in [3.05, 3.63) is 34.9 Å². The molecule has 0 fully saturated rings. The van der Waals surface area contributed by atoms with Gasteiger partial charge in [0, 0.05) is 16.2 Å². The van der Waals surface area contributed by atoms with Gasteiger partial charge in [-0.3, -0.25) is 0 Å². The largest absolute Gasteiger partial charge is 0.409 e. The molecule has 1 aromatic carbocycles. The summed E-state index contributed by atoms with van der Waals surface area (Å²) in [6, 6.07) is 7.99. The number of thioether (sulfide) groups is 1. The highest BCUT2D eigenvalue weighted by molar-refractivity contribution is 7.98. The Morgan fingerprint density at radius 3 is 2.55 bits per heavy atom. The molecule has 20 heavy (non-hydrogen) atoms. The number of hydrogen-bond acceptors (Lipinski definition) is 3. The van der Waals surface area contributed by atoms with E-state index < -0.39 is 0 Å². The fraction of sp³-hybridized carbons (Fsp3) is 0.533. The molecular formula is C15H23ClN2OS. The van der Waals surface area contributed by atoms with Crippen LogP contribution in [0, 0.1) is 5.41 Å². The Bertz CT molecular complexity index is 432. The zero-order chi connectivity index (χ0) is 15.0. The number of halogens is 1. The first-order chi connectivity index (χ1) is 9.45. The van der Waals surface area contributed by atoms with Crippen LogP contribution in [0.2, 0.25) is 5.02 Å². The van der Waals surface area contributed by atoms with Gasteiger partial charge in [0.25, 0.3) is 0 Å². The van der Waals surface area contributed by atoms with Gasteiger partial charge in [0.2, 0.25) is 0 Å². The van der Waals surface area contributed by atoms with Gasteiger partial charge in [0.1, 0.15) is 5.84 Å². The van der Waals surface area contributed by atoms with Gasteiger partial charge in [0.15, 0.2) is 0 Å². The van der Waals surface area contributed by atoms with Crippen molar-refractivity contribution in [1.29, 1.82) is 0 Å². The molecule has 0 bridgehead atoms. The standard InChI is InChI=1S/C15H23ClN2OS/c1-15(2,14(17)18-19)9-3-4-10-20-11-12-5-7-13(16)8-6-12/h5-8,19H,3-4,9-11H2,1-2H3,(H2,17,18). The molecule has 0 atom stereocenters. The highest BCUT2D eigenvalue weighted by Crippen LogP contribution is 2.24. The predicted molar refractivity (Wildman–Crippen MR) is 88.7 cm³/mol. The lowest BCUT2D eigenvalue weighted by atomic mass is 9.86. The molecule has 3 nitrogen and oxygen atoms in total. The van der Waals surface area contributed by atoms with Crippen molar-refractivity contribution in [3.63, 3.8) is 0 Å². The van der Waals surface area contributed by atoms with Crippen LogP contribution in [0.4, 0.5) is 0 Å². The lowest BCUT2D eigenvalue weighted by molar-refractivity contribution is 0.304. The van der Waals surface area contributed by atoms with Crippen LogP contribution in [0.1, 0.15) is 38.7 Å². The molecule has 0 aliphatic rings. The number of rotatable bonds is 8. The monoisotopic (exact) mass is 314 g/mol. The molecule has 0 heterocycles. The van der Waals surface area contributed by atoms with Gasteiger partial charge in [-0.25, -0.2) is 0 Å². The second kappa shape index (κ2) is 8.42. The summed E-state index contributed by atoms with van der Waals surface area (Å²) in [5.41, 5.74) is 6.74. The summed E-state index contributed by atoms with van der Waals surface area (Å²) in [4.78, 5) is 0.